The summed E-state index contributed by atoms with van der Waals surface area (Å²) in [6.07, 6.45) is 5.16. The van der Waals surface area contributed by atoms with Gasteiger partial charge in [-0.25, -0.2) is 0 Å². The Kier molecular flexibility index (Phi) is 4.30. The van der Waals surface area contributed by atoms with Gasteiger partial charge < -0.3 is 19.0 Å². The lowest BCUT2D eigenvalue weighted by Gasteiger charge is -2.32. The highest BCUT2D eigenvalue weighted by Crippen LogP contribution is 2.38. The van der Waals surface area contributed by atoms with E-state index in [1.165, 1.54) is 6.92 Å². The van der Waals surface area contributed by atoms with Gasteiger partial charge in [-0.2, -0.15) is 0 Å². The second-order valence-electron chi connectivity index (χ2n) is 6.27. The van der Waals surface area contributed by atoms with Gasteiger partial charge in [0.25, 0.3) is 0 Å². The summed E-state index contributed by atoms with van der Waals surface area (Å²) in [5.41, 5.74) is 0.933. The molecule has 5 nitrogen and oxygen atoms in total. The van der Waals surface area contributed by atoms with Crippen LogP contribution in [0.4, 0.5) is 0 Å². The molecule has 114 valence electrons. The van der Waals surface area contributed by atoms with Gasteiger partial charge in [0, 0.05) is 19.0 Å². The van der Waals surface area contributed by atoms with Gasteiger partial charge in [0.15, 0.2) is 0 Å². The van der Waals surface area contributed by atoms with E-state index in [0.29, 0.717) is 6.54 Å². The lowest BCUT2D eigenvalue weighted by molar-refractivity contribution is -0.118. The molecule has 1 aliphatic rings. The maximum Gasteiger partial charge on any atom is 0.492 e. The van der Waals surface area contributed by atoms with Crippen molar-refractivity contribution in [3.05, 3.63) is 29.6 Å². The Bertz CT molecular complexity index is 518. The summed E-state index contributed by atoms with van der Waals surface area (Å²) in [5.74, 6) is -0.0930. The van der Waals surface area contributed by atoms with Gasteiger partial charge in [-0.1, -0.05) is 6.08 Å². The maximum absolute atomic E-state index is 11.2. The van der Waals surface area contributed by atoms with Gasteiger partial charge in [0.05, 0.1) is 23.7 Å². The van der Waals surface area contributed by atoms with Crippen LogP contribution < -0.4 is 5.32 Å². The molecule has 0 aliphatic carbocycles. The summed E-state index contributed by atoms with van der Waals surface area (Å²) in [4.78, 5) is 11.2. The van der Waals surface area contributed by atoms with Crippen LogP contribution in [-0.2, 0) is 14.1 Å². The Balaban J connectivity index is 2.22. The molecule has 0 atom stereocenters. The van der Waals surface area contributed by atoms with E-state index in [9.17, 15) is 4.79 Å². The molecule has 1 fully saturated rings. The lowest BCUT2D eigenvalue weighted by Crippen LogP contribution is -2.41. The van der Waals surface area contributed by atoms with Gasteiger partial charge in [-0.3, -0.25) is 4.79 Å². The first kappa shape index (κ1) is 15.9. The van der Waals surface area contributed by atoms with Crippen molar-refractivity contribution >= 4 is 19.1 Å². The minimum atomic E-state index is -0.489. The third-order valence-electron chi connectivity index (χ3n) is 3.99. The molecule has 21 heavy (non-hydrogen) atoms. The molecule has 2 heterocycles. The Labute approximate surface area is 125 Å². The van der Waals surface area contributed by atoms with Gasteiger partial charge in [-0.15, -0.1) is 0 Å². The van der Waals surface area contributed by atoms with Crippen LogP contribution >= 0.6 is 0 Å². The molecule has 1 aromatic heterocycles. The first-order valence-corrected chi connectivity index (χ1v) is 7.04. The van der Waals surface area contributed by atoms with Gasteiger partial charge in [0.2, 0.25) is 5.91 Å². The molecule has 6 heteroatoms. The van der Waals surface area contributed by atoms with E-state index in [1.807, 2.05) is 39.8 Å². The molecule has 0 unspecified atom stereocenters. The average Bonchev–Trinajstić information content (AvgIpc) is 2.91. The van der Waals surface area contributed by atoms with Crippen molar-refractivity contribution in [3.63, 3.8) is 0 Å². The van der Waals surface area contributed by atoms with Gasteiger partial charge in [-0.05, 0) is 39.2 Å². The molecule has 2 rings (SSSR count). The van der Waals surface area contributed by atoms with Crippen LogP contribution in [0.5, 0.6) is 0 Å². The molecule has 0 saturated carbocycles. The third kappa shape index (κ3) is 3.57. The topological polar surface area (TPSA) is 60.7 Å². The maximum atomic E-state index is 11.2. The zero-order valence-corrected chi connectivity index (χ0v) is 13.2. The largest absolute Gasteiger partial charge is 0.492 e. The van der Waals surface area contributed by atoms with Crippen LogP contribution in [0.25, 0.3) is 6.08 Å². The minimum absolute atomic E-state index is 0.0930. The molecule has 0 bridgehead atoms. The van der Waals surface area contributed by atoms with E-state index in [1.54, 1.807) is 12.5 Å². The summed E-state index contributed by atoms with van der Waals surface area (Å²) in [6.45, 7) is 9.86. The van der Waals surface area contributed by atoms with E-state index < -0.39 is 18.3 Å². The predicted octanol–water partition coefficient (Wildman–Crippen LogP) is 2.43. The fourth-order valence-corrected chi connectivity index (χ4v) is 1.99. The second kappa shape index (κ2) is 5.69. The smallest absolute Gasteiger partial charge is 0.472 e. The first-order chi connectivity index (χ1) is 9.71. The highest BCUT2D eigenvalue weighted by molar-refractivity contribution is 6.56. The van der Waals surface area contributed by atoms with E-state index in [2.05, 4.69) is 5.32 Å². The SMILES string of the molecule is CC(=O)NCC(=Cc1ccoc1)B1OC(C)(C)C(C)(C)O1. The molecule has 1 N–H and O–H groups in total. The van der Waals surface area contributed by atoms with Crippen LogP contribution in [0.1, 0.15) is 40.2 Å². The molecule has 1 aromatic rings. The average molecular weight is 291 g/mol. The molecule has 0 spiro atoms. The monoisotopic (exact) mass is 291 g/mol. The summed E-state index contributed by atoms with van der Waals surface area (Å²) >= 11 is 0. The van der Waals surface area contributed by atoms with Crippen LogP contribution in [-0.4, -0.2) is 30.8 Å². The summed E-state index contributed by atoms with van der Waals surface area (Å²) in [7, 11) is -0.489. The molecular weight excluding hydrogens is 269 g/mol. The van der Waals surface area contributed by atoms with Crippen molar-refractivity contribution in [2.45, 2.75) is 45.8 Å². The van der Waals surface area contributed by atoms with Crippen molar-refractivity contribution in [1.29, 1.82) is 0 Å². The van der Waals surface area contributed by atoms with E-state index in [-0.39, 0.29) is 5.91 Å². The fourth-order valence-electron chi connectivity index (χ4n) is 1.99. The first-order valence-electron chi connectivity index (χ1n) is 7.04. The summed E-state index contributed by atoms with van der Waals surface area (Å²) < 4.78 is 17.1. The lowest BCUT2D eigenvalue weighted by atomic mass is 9.77. The van der Waals surface area contributed by atoms with E-state index in [4.69, 9.17) is 13.7 Å². The van der Waals surface area contributed by atoms with Gasteiger partial charge in [0.1, 0.15) is 0 Å². The second-order valence-corrected chi connectivity index (χ2v) is 6.27. The molecule has 1 amide bonds. The quantitative estimate of drug-likeness (QED) is 0.865. The molecular formula is C15H22BNO4. The highest BCUT2D eigenvalue weighted by Gasteiger charge is 2.52. The Morgan fingerprint density at radius 2 is 1.90 bits per heavy atom. The number of carbonyl (C=O) groups excluding carboxylic acids is 1. The number of nitrogens with one attached hydrogen (secondary N) is 1. The molecule has 1 saturated heterocycles. The van der Waals surface area contributed by atoms with Crippen molar-refractivity contribution in [2.24, 2.45) is 0 Å². The molecule has 1 aliphatic heterocycles. The number of amides is 1. The zero-order chi connectivity index (χ0) is 15.7. The summed E-state index contributed by atoms with van der Waals surface area (Å²) in [6, 6.07) is 1.85. The number of hydrogen-bond donors (Lipinski definition) is 1. The Morgan fingerprint density at radius 3 is 2.38 bits per heavy atom. The normalized spacial score (nSPS) is 20.6. The van der Waals surface area contributed by atoms with Crippen molar-refractivity contribution < 1.29 is 18.5 Å². The molecule has 0 aromatic carbocycles. The number of furan rings is 1. The van der Waals surface area contributed by atoms with Crippen LogP contribution in [0.3, 0.4) is 0 Å². The number of hydrogen-bond acceptors (Lipinski definition) is 4. The van der Waals surface area contributed by atoms with Crippen LogP contribution in [0, 0.1) is 0 Å². The van der Waals surface area contributed by atoms with E-state index >= 15 is 0 Å². The third-order valence-corrected chi connectivity index (χ3v) is 3.99. The van der Waals surface area contributed by atoms with Crippen LogP contribution in [0.2, 0.25) is 0 Å². The highest BCUT2D eigenvalue weighted by atomic mass is 16.7. The minimum Gasteiger partial charge on any atom is -0.472 e. The van der Waals surface area contributed by atoms with E-state index in [0.717, 1.165) is 11.0 Å². The van der Waals surface area contributed by atoms with Crippen molar-refractivity contribution in [2.75, 3.05) is 6.54 Å². The zero-order valence-electron chi connectivity index (χ0n) is 13.2. The summed E-state index contributed by atoms with van der Waals surface area (Å²) in [5, 5.41) is 2.79. The van der Waals surface area contributed by atoms with Crippen molar-refractivity contribution in [3.8, 4) is 0 Å². The van der Waals surface area contributed by atoms with Gasteiger partial charge >= 0.3 is 7.12 Å². The van der Waals surface area contributed by atoms with Crippen molar-refractivity contribution in [1.82, 2.24) is 5.32 Å². The standard InChI is InChI=1S/C15H22BNO4/c1-11(18)17-9-13(8-12-6-7-19-10-12)16-20-14(2,3)15(4,5)21-16/h6-8,10H,9H2,1-5H3,(H,17,18). The fraction of sp³-hybridized carbons (Fsp3) is 0.533. The number of rotatable bonds is 4. The predicted molar refractivity (Wildman–Crippen MR) is 81.5 cm³/mol. The number of carbonyl (C=O) groups is 1. The Hall–Kier alpha value is -1.53. The Morgan fingerprint density at radius 1 is 1.29 bits per heavy atom. The van der Waals surface area contributed by atoms with Crippen LogP contribution in [0.15, 0.2) is 28.5 Å². The molecule has 0 radical (unpaired) electrons.